The average molecular weight is 717 g/mol. The first-order valence-corrected chi connectivity index (χ1v) is 17.7. The van der Waals surface area contributed by atoms with E-state index in [2.05, 4.69) is 34.4 Å². The van der Waals surface area contributed by atoms with E-state index in [0.29, 0.717) is 32.4 Å². The van der Waals surface area contributed by atoms with Gasteiger partial charge in [0.2, 0.25) is 17.7 Å². The molecule has 3 amide bonds. The number of carbonyl (C=O) groups excluding carboxylic acids is 4. The zero-order valence-electron chi connectivity index (χ0n) is 27.8. The maximum atomic E-state index is 14.6. The Morgan fingerprint density at radius 2 is 1.96 bits per heavy atom. The van der Waals surface area contributed by atoms with E-state index in [0.717, 1.165) is 18.4 Å². The van der Waals surface area contributed by atoms with Crippen LogP contribution < -0.4 is 5.32 Å². The minimum absolute atomic E-state index is 0.0897. The van der Waals surface area contributed by atoms with Crippen LogP contribution >= 0.6 is 15.9 Å². The summed E-state index contributed by atoms with van der Waals surface area (Å²) in [4.78, 5) is 58.9. The van der Waals surface area contributed by atoms with Gasteiger partial charge in [0.25, 0.3) is 0 Å². The number of ether oxygens (including phenoxy) is 2. The van der Waals surface area contributed by atoms with Crippen molar-refractivity contribution in [3.05, 3.63) is 61.2 Å². The fourth-order valence-corrected chi connectivity index (χ4v) is 8.41. The second kappa shape index (κ2) is 16.4. The highest BCUT2D eigenvalue weighted by molar-refractivity contribution is 9.09. The predicted molar refractivity (Wildman–Crippen MR) is 182 cm³/mol. The van der Waals surface area contributed by atoms with Gasteiger partial charge in [-0.3, -0.25) is 19.2 Å². The zero-order valence-corrected chi connectivity index (χ0v) is 29.4. The van der Waals surface area contributed by atoms with Gasteiger partial charge in [0.1, 0.15) is 18.2 Å². The molecule has 47 heavy (non-hydrogen) atoms. The molecule has 2 N–H and O–H groups in total. The first-order chi connectivity index (χ1) is 22.5. The summed E-state index contributed by atoms with van der Waals surface area (Å²) in [6.45, 7) is 13.9. The Hall–Kier alpha value is -3.02. The van der Waals surface area contributed by atoms with Gasteiger partial charge in [-0.25, -0.2) is 0 Å². The van der Waals surface area contributed by atoms with Gasteiger partial charge in [-0.15, -0.1) is 13.2 Å². The number of unbranched alkanes of at least 4 members (excludes halogenated alkanes) is 1. The summed E-state index contributed by atoms with van der Waals surface area (Å²) >= 11 is 3.74. The molecule has 3 aliphatic rings. The fourth-order valence-electron chi connectivity index (χ4n) is 7.47. The van der Waals surface area contributed by atoms with Crippen molar-refractivity contribution in [2.24, 2.45) is 17.8 Å². The lowest BCUT2D eigenvalue weighted by molar-refractivity contribution is -0.151. The van der Waals surface area contributed by atoms with Crippen LogP contribution in [0.4, 0.5) is 0 Å². The molecule has 1 aromatic carbocycles. The van der Waals surface area contributed by atoms with E-state index in [1.807, 2.05) is 51.1 Å². The number of aliphatic hydroxyl groups is 1. The van der Waals surface area contributed by atoms with E-state index in [1.165, 1.54) is 4.90 Å². The summed E-state index contributed by atoms with van der Waals surface area (Å²) in [6.07, 6.45) is 5.82. The van der Waals surface area contributed by atoms with E-state index in [4.69, 9.17) is 9.47 Å². The van der Waals surface area contributed by atoms with Crippen molar-refractivity contribution in [3.8, 4) is 0 Å². The third-order valence-electron chi connectivity index (χ3n) is 9.54. The smallest absolute Gasteiger partial charge is 0.306 e. The van der Waals surface area contributed by atoms with Crippen molar-refractivity contribution in [3.63, 3.8) is 0 Å². The van der Waals surface area contributed by atoms with Gasteiger partial charge in [-0.1, -0.05) is 85.6 Å². The number of amides is 3. The van der Waals surface area contributed by atoms with Crippen molar-refractivity contribution in [1.29, 1.82) is 0 Å². The topological polar surface area (TPSA) is 125 Å². The number of rotatable bonds is 18. The van der Waals surface area contributed by atoms with Gasteiger partial charge in [-0.2, -0.15) is 0 Å². The van der Waals surface area contributed by atoms with Gasteiger partial charge < -0.3 is 29.7 Å². The largest absolute Gasteiger partial charge is 0.463 e. The summed E-state index contributed by atoms with van der Waals surface area (Å²) in [7, 11) is 0. The van der Waals surface area contributed by atoms with Gasteiger partial charge in [0.15, 0.2) is 0 Å². The lowest BCUT2D eigenvalue weighted by atomic mass is 9.70. The quantitative estimate of drug-likeness (QED) is 0.132. The Morgan fingerprint density at radius 3 is 2.57 bits per heavy atom. The second-order valence-electron chi connectivity index (χ2n) is 13.3. The first kappa shape index (κ1) is 36.8. The number of nitrogens with one attached hydrogen (secondary N) is 1. The van der Waals surface area contributed by atoms with Crippen molar-refractivity contribution < 1.29 is 33.8 Å². The molecule has 0 aliphatic carbocycles. The molecule has 8 atom stereocenters. The van der Waals surface area contributed by atoms with Gasteiger partial charge >= 0.3 is 5.97 Å². The van der Waals surface area contributed by atoms with Gasteiger partial charge in [0, 0.05) is 24.3 Å². The number of benzene rings is 1. The lowest BCUT2D eigenvalue weighted by Gasteiger charge is -2.39. The molecule has 0 saturated carbocycles. The number of esters is 1. The summed E-state index contributed by atoms with van der Waals surface area (Å²) in [6, 6.07) is 6.91. The Kier molecular flexibility index (Phi) is 12.8. The monoisotopic (exact) mass is 715 g/mol. The van der Waals surface area contributed by atoms with Crippen molar-refractivity contribution in [1.82, 2.24) is 15.1 Å². The summed E-state index contributed by atoms with van der Waals surface area (Å²) in [5.41, 5.74) is -0.517. The van der Waals surface area contributed by atoms with Crippen molar-refractivity contribution in [2.45, 2.75) is 94.0 Å². The second-order valence-corrected chi connectivity index (χ2v) is 14.5. The number of aliphatic hydroxyl groups excluding tert-OH is 1. The molecule has 2 bridgehead atoms. The third kappa shape index (κ3) is 7.67. The van der Waals surface area contributed by atoms with E-state index in [1.54, 1.807) is 17.1 Å². The SMILES string of the molecule is C=CCCC(=O)OC[C@@H](NC(=O)[C@H]1[C@@H]2O[C@@]3(CC2Br)[C@@H]1C(=O)N([C@@H](CO)CC(C)C)[C@@H]3C(=O)N(CC=C)CCCC)c1ccccc1. The molecular formula is C36H50BrN3O7. The number of allylic oxidation sites excluding steroid dienone is 1. The van der Waals surface area contributed by atoms with E-state index >= 15 is 0 Å². The number of halogens is 1. The highest BCUT2D eigenvalue weighted by Crippen LogP contribution is 2.60. The van der Waals surface area contributed by atoms with Crippen LogP contribution in [0.25, 0.3) is 0 Å². The molecule has 10 nitrogen and oxygen atoms in total. The highest BCUT2D eigenvalue weighted by Gasteiger charge is 2.77. The standard InChI is InChI=1S/C36H50BrN3O7/c1-6-9-16-28(42)46-22-27(24-14-12-11-13-15-24)38-33(43)29-30-34(44)40(25(21-41)19-23(4)5)32(36(30)20-26(37)31(29)47-36)35(45)39(17-8-3)18-10-7-2/h6,8,11-15,23,25-27,29-32,41H,1,3,7,9-10,16-22H2,2,4-5H3,(H,38,43)/t25-,26?,27-,29-,30+,31-,32-,36+/m1/s1. The van der Waals surface area contributed by atoms with Gasteiger partial charge in [0.05, 0.1) is 36.6 Å². The molecule has 3 aliphatic heterocycles. The van der Waals surface area contributed by atoms with Crippen LogP contribution in [0.1, 0.15) is 70.9 Å². The average Bonchev–Trinajstić information content (AvgIpc) is 3.65. The molecule has 0 radical (unpaired) electrons. The van der Waals surface area contributed by atoms with Crippen LogP contribution in [0.15, 0.2) is 55.6 Å². The van der Waals surface area contributed by atoms with E-state index < -0.39 is 53.5 Å². The molecular weight excluding hydrogens is 666 g/mol. The van der Waals surface area contributed by atoms with Crippen LogP contribution in [0.3, 0.4) is 0 Å². The molecule has 4 rings (SSSR count). The minimum atomic E-state index is -1.26. The summed E-state index contributed by atoms with van der Waals surface area (Å²) < 4.78 is 12.2. The van der Waals surface area contributed by atoms with Crippen LogP contribution in [0.5, 0.6) is 0 Å². The number of fused-ring (bicyclic) bond motifs is 1. The Bertz CT molecular complexity index is 1290. The molecule has 1 unspecified atom stereocenters. The summed E-state index contributed by atoms with van der Waals surface area (Å²) in [5.74, 6) is -3.14. The minimum Gasteiger partial charge on any atom is -0.463 e. The molecule has 1 spiro atoms. The van der Waals surface area contributed by atoms with Crippen molar-refractivity contribution >= 4 is 39.6 Å². The number of carbonyl (C=O) groups is 4. The fraction of sp³-hybridized carbons (Fsp3) is 0.611. The lowest BCUT2D eigenvalue weighted by Crippen LogP contribution is -2.59. The molecule has 3 heterocycles. The first-order valence-electron chi connectivity index (χ1n) is 16.8. The molecule has 11 heteroatoms. The molecule has 1 aromatic rings. The van der Waals surface area contributed by atoms with Crippen LogP contribution in [0, 0.1) is 17.8 Å². The maximum absolute atomic E-state index is 14.6. The maximum Gasteiger partial charge on any atom is 0.306 e. The van der Waals surface area contributed by atoms with Crippen molar-refractivity contribution in [2.75, 3.05) is 26.3 Å². The van der Waals surface area contributed by atoms with Crippen LogP contribution in [-0.4, -0.2) is 93.5 Å². The molecule has 258 valence electrons. The number of nitrogens with zero attached hydrogens (tertiary/aromatic N) is 2. The number of hydrogen-bond acceptors (Lipinski definition) is 7. The third-order valence-corrected chi connectivity index (χ3v) is 10.4. The van der Waals surface area contributed by atoms with Crippen LogP contribution in [-0.2, 0) is 28.7 Å². The highest BCUT2D eigenvalue weighted by atomic mass is 79.9. The van der Waals surface area contributed by atoms with Gasteiger partial charge in [-0.05, 0) is 37.2 Å². The Labute approximate surface area is 287 Å². The summed E-state index contributed by atoms with van der Waals surface area (Å²) in [5, 5.41) is 13.6. The predicted octanol–water partition coefficient (Wildman–Crippen LogP) is 4.32. The Morgan fingerprint density at radius 1 is 1.23 bits per heavy atom. The molecule has 3 fully saturated rings. The Balaban J connectivity index is 1.71. The normalized spacial score (nSPS) is 27.3. The van der Waals surface area contributed by atoms with E-state index in [9.17, 15) is 24.3 Å². The zero-order chi connectivity index (χ0) is 34.3. The van der Waals surface area contributed by atoms with E-state index in [-0.39, 0.29) is 42.2 Å². The van der Waals surface area contributed by atoms with Crippen LogP contribution in [0.2, 0.25) is 0 Å². The molecule has 0 aromatic heterocycles. The molecule has 3 saturated heterocycles. The number of alkyl halides is 1. The number of likely N-dealkylation sites (tertiary alicyclic amines) is 1. The number of hydrogen-bond donors (Lipinski definition) is 2.